The second-order valence-electron chi connectivity index (χ2n) is 3.49. The van der Waals surface area contributed by atoms with Crippen LogP contribution in [0.3, 0.4) is 0 Å². The summed E-state index contributed by atoms with van der Waals surface area (Å²) in [6.07, 6.45) is 6.29. The Morgan fingerprint density at radius 2 is 2.21 bits per heavy atom. The van der Waals surface area contributed by atoms with Gasteiger partial charge >= 0.3 is 0 Å². The maximum absolute atomic E-state index is 8.70. The summed E-state index contributed by atoms with van der Waals surface area (Å²) >= 11 is 0. The third kappa shape index (κ3) is 4.04. The van der Waals surface area contributed by atoms with E-state index >= 15 is 0 Å². The summed E-state index contributed by atoms with van der Waals surface area (Å²) in [6, 6.07) is 2.19. The monoisotopic (exact) mass is 190 g/mol. The van der Waals surface area contributed by atoms with E-state index in [-0.39, 0.29) is 5.92 Å². The molecule has 0 bridgehead atoms. The van der Waals surface area contributed by atoms with Crippen molar-refractivity contribution >= 4 is 6.72 Å². The van der Waals surface area contributed by atoms with Gasteiger partial charge in [0.05, 0.1) is 6.07 Å². The van der Waals surface area contributed by atoms with Gasteiger partial charge < -0.3 is 0 Å². The van der Waals surface area contributed by atoms with Crippen LogP contribution in [0, 0.1) is 23.2 Å². The first kappa shape index (κ1) is 12.6. The highest BCUT2D eigenvalue weighted by Gasteiger charge is 2.16. The lowest BCUT2D eigenvalue weighted by molar-refractivity contribution is 0.448. The largest absolute Gasteiger partial charge is 0.269 e. The minimum absolute atomic E-state index is 0.189. The summed E-state index contributed by atoms with van der Waals surface area (Å²) in [6.45, 7) is 9.68. The first-order valence-corrected chi connectivity index (χ1v) is 4.83. The molecule has 1 unspecified atom stereocenters. The maximum atomic E-state index is 8.70. The van der Waals surface area contributed by atoms with Crippen LogP contribution in [0.4, 0.5) is 0 Å². The van der Waals surface area contributed by atoms with Crippen LogP contribution in [0.15, 0.2) is 28.9 Å². The molecule has 0 aromatic rings. The molecule has 0 spiro atoms. The first-order valence-electron chi connectivity index (χ1n) is 4.83. The van der Waals surface area contributed by atoms with Crippen LogP contribution in [-0.4, -0.2) is 6.72 Å². The second-order valence-corrected chi connectivity index (χ2v) is 3.49. The van der Waals surface area contributed by atoms with Gasteiger partial charge in [0.2, 0.25) is 0 Å². The molecular weight excluding hydrogens is 172 g/mol. The van der Waals surface area contributed by atoms with Gasteiger partial charge in [-0.25, -0.2) is 0 Å². The van der Waals surface area contributed by atoms with E-state index in [9.17, 15) is 0 Å². The molecule has 0 rings (SSSR count). The van der Waals surface area contributed by atoms with Crippen molar-refractivity contribution in [2.24, 2.45) is 16.8 Å². The highest BCUT2D eigenvalue weighted by molar-refractivity contribution is 5.31. The van der Waals surface area contributed by atoms with Crippen LogP contribution >= 0.6 is 0 Å². The molecule has 0 radical (unpaired) electrons. The lowest BCUT2D eigenvalue weighted by Crippen LogP contribution is -2.09. The van der Waals surface area contributed by atoms with E-state index in [4.69, 9.17) is 5.26 Å². The number of rotatable bonds is 5. The topological polar surface area (TPSA) is 36.1 Å². The lowest BCUT2D eigenvalue weighted by Gasteiger charge is -2.17. The zero-order chi connectivity index (χ0) is 11.0. The summed E-state index contributed by atoms with van der Waals surface area (Å²) in [7, 11) is 0. The maximum Gasteiger partial charge on any atom is 0.0628 e. The van der Waals surface area contributed by atoms with E-state index in [0.29, 0.717) is 12.3 Å². The molecule has 0 amide bonds. The number of hydrogen-bond donors (Lipinski definition) is 0. The van der Waals surface area contributed by atoms with Gasteiger partial charge in [0.15, 0.2) is 0 Å². The van der Waals surface area contributed by atoms with Crippen molar-refractivity contribution < 1.29 is 0 Å². The predicted octanol–water partition coefficient (Wildman–Crippen LogP) is 3.33. The summed E-state index contributed by atoms with van der Waals surface area (Å²) in [5.41, 5.74) is 0.902. The fraction of sp³-hybridized carbons (Fsp3) is 0.500. The highest BCUT2D eigenvalue weighted by Crippen LogP contribution is 2.24. The van der Waals surface area contributed by atoms with Crippen LogP contribution in [0.1, 0.15) is 27.2 Å². The van der Waals surface area contributed by atoms with Crippen molar-refractivity contribution in [1.82, 2.24) is 0 Å². The van der Waals surface area contributed by atoms with Crippen LogP contribution in [0.25, 0.3) is 0 Å². The van der Waals surface area contributed by atoms with Crippen LogP contribution < -0.4 is 0 Å². The predicted molar refractivity (Wildman–Crippen MR) is 61.0 cm³/mol. The number of allylic oxidation sites excluding steroid dienone is 4. The van der Waals surface area contributed by atoms with Crippen molar-refractivity contribution in [2.45, 2.75) is 27.2 Å². The minimum atomic E-state index is 0.189. The molecule has 14 heavy (non-hydrogen) atoms. The molecule has 1 atom stereocenters. The molecule has 2 nitrogen and oxygen atoms in total. The molecule has 0 aromatic heterocycles. The normalized spacial score (nSPS) is 14.4. The number of hydrogen-bond acceptors (Lipinski definition) is 2. The minimum Gasteiger partial charge on any atom is -0.269 e. The Balaban J connectivity index is 4.76. The smallest absolute Gasteiger partial charge is 0.0628 e. The molecular formula is C12H18N2. The highest BCUT2D eigenvalue weighted by atomic mass is 14.7. The molecule has 2 heteroatoms. The van der Waals surface area contributed by atoms with Crippen molar-refractivity contribution in [3.8, 4) is 6.07 Å². The molecule has 0 fully saturated rings. The summed E-state index contributed by atoms with van der Waals surface area (Å²) < 4.78 is 0. The number of nitrogens with zero attached hydrogens (tertiary/aromatic N) is 2. The fourth-order valence-electron chi connectivity index (χ4n) is 1.27. The van der Waals surface area contributed by atoms with E-state index < -0.39 is 0 Å². The van der Waals surface area contributed by atoms with Gasteiger partial charge in [-0.3, -0.25) is 4.99 Å². The number of nitriles is 1. The van der Waals surface area contributed by atoms with Crippen molar-refractivity contribution in [1.29, 1.82) is 5.26 Å². The Bertz CT molecular complexity index is 267. The first-order chi connectivity index (χ1) is 6.67. The molecule has 0 aliphatic carbocycles. The van der Waals surface area contributed by atoms with E-state index in [1.807, 2.05) is 25.2 Å². The quantitative estimate of drug-likeness (QED) is 0.484. The van der Waals surface area contributed by atoms with E-state index in [2.05, 4.69) is 31.6 Å². The van der Waals surface area contributed by atoms with Crippen molar-refractivity contribution in [3.63, 3.8) is 0 Å². The standard InChI is InChI=1S/C12H18N2/c1-5-6-7-12(14-4)11(8-9-13)10(2)3/h5-7,10-11H,4,8H2,1-3H3/b6-5-,12-7-. The Morgan fingerprint density at radius 1 is 1.57 bits per heavy atom. The molecule has 0 aliphatic heterocycles. The molecule has 76 valence electrons. The summed E-state index contributed by atoms with van der Waals surface area (Å²) in [5.74, 6) is 0.602. The molecule has 0 aliphatic rings. The van der Waals surface area contributed by atoms with Crippen LogP contribution in [-0.2, 0) is 0 Å². The van der Waals surface area contributed by atoms with Gasteiger partial charge in [-0.15, -0.1) is 0 Å². The zero-order valence-corrected chi connectivity index (χ0v) is 9.20. The van der Waals surface area contributed by atoms with E-state index in [1.54, 1.807) is 0 Å². The third-order valence-electron chi connectivity index (χ3n) is 2.14. The third-order valence-corrected chi connectivity index (χ3v) is 2.14. The Morgan fingerprint density at radius 3 is 2.57 bits per heavy atom. The summed E-state index contributed by atoms with van der Waals surface area (Å²) in [5, 5.41) is 8.70. The molecule has 0 heterocycles. The summed E-state index contributed by atoms with van der Waals surface area (Å²) in [4.78, 5) is 3.97. The second kappa shape index (κ2) is 7.08. The average Bonchev–Trinajstić information content (AvgIpc) is 2.17. The van der Waals surface area contributed by atoms with E-state index in [1.165, 1.54) is 0 Å². The van der Waals surface area contributed by atoms with Gasteiger partial charge in [0, 0.05) is 18.0 Å². The Hall–Kier alpha value is -1.36. The fourth-order valence-corrected chi connectivity index (χ4v) is 1.27. The zero-order valence-electron chi connectivity index (χ0n) is 9.20. The average molecular weight is 190 g/mol. The van der Waals surface area contributed by atoms with Crippen molar-refractivity contribution in [2.75, 3.05) is 0 Å². The van der Waals surface area contributed by atoms with Gasteiger partial charge in [-0.1, -0.05) is 26.0 Å². The molecule has 0 aromatic carbocycles. The molecule has 0 saturated heterocycles. The Kier molecular flexibility index (Phi) is 6.39. The number of aliphatic imine (C=N–C) groups is 1. The van der Waals surface area contributed by atoms with Crippen molar-refractivity contribution in [3.05, 3.63) is 23.9 Å². The van der Waals surface area contributed by atoms with E-state index in [0.717, 1.165) is 5.70 Å². The van der Waals surface area contributed by atoms with Crippen LogP contribution in [0.5, 0.6) is 0 Å². The van der Waals surface area contributed by atoms with Crippen LogP contribution in [0.2, 0.25) is 0 Å². The lowest BCUT2D eigenvalue weighted by atomic mass is 9.89. The van der Waals surface area contributed by atoms with Gasteiger partial charge in [-0.05, 0) is 25.6 Å². The molecule has 0 saturated carbocycles. The van der Waals surface area contributed by atoms with Gasteiger partial charge in [0.25, 0.3) is 0 Å². The molecule has 0 N–H and O–H groups in total. The van der Waals surface area contributed by atoms with Gasteiger partial charge in [-0.2, -0.15) is 5.26 Å². The van der Waals surface area contributed by atoms with Gasteiger partial charge in [0.1, 0.15) is 0 Å². The Labute approximate surface area is 86.7 Å². The SMILES string of the molecule is C=N/C(=C\C=C/C)C(CC#N)C(C)C.